The van der Waals surface area contributed by atoms with Crippen LogP contribution in [-0.2, 0) is 10.0 Å². The van der Waals surface area contributed by atoms with Crippen molar-refractivity contribution in [2.45, 2.75) is 25.7 Å². The summed E-state index contributed by atoms with van der Waals surface area (Å²) in [4.78, 5) is 12.1. The molecule has 0 amide bonds. The molecule has 0 unspecified atom stereocenters. The molecule has 2 rings (SSSR count). The molecule has 1 aromatic rings. The number of carbonyl (C=O) groups excluding carboxylic acids is 1. The molecule has 0 atom stereocenters. The highest BCUT2D eigenvalue weighted by Gasteiger charge is 2.23. The molecular formula is C13H17NO3S. The minimum Gasteiger partial charge on any atom is -0.294 e. The zero-order valence-corrected chi connectivity index (χ0v) is 11.2. The van der Waals surface area contributed by atoms with E-state index in [2.05, 4.69) is 4.72 Å². The molecule has 0 bridgehead atoms. The van der Waals surface area contributed by atoms with E-state index >= 15 is 0 Å². The zero-order valence-electron chi connectivity index (χ0n) is 10.3. The Morgan fingerprint density at radius 2 is 1.72 bits per heavy atom. The zero-order chi connectivity index (χ0) is 13.2. The topological polar surface area (TPSA) is 63.2 Å². The molecule has 1 aliphatic carbocycles. The van der Waals surface area contributed by atoms with Gasteiger partial charge in [-0.05, 0) is 37.1 Å². The molecule has 1 aliphatic rings. The van der Waals surface area contributed by atoms with Crippen molar-refractivity contribution in [2.24, 2.45) is 5.92 Å². The first-order chi connectivity index (χ1) is 8.46. The van der Waals surface area contributed by atoms with Crippen LogP contribution in [0.5, 0.6) is 0 Å². The van der Waals surface area contributed by atoms with Crippen molar-refractivity contribution >= 4 is 21.5 Å². The van der Waals surface area contributed by atoms with E-state index in [9.17, 15) is 13.2 Å². The van der Waals surface area contributed by atoms with Crippen LogP contribution in [0.2, 0.25) is 0 Å². The van der Waals surface area contributed by atoms with Gasteiger partial charge >= 0.3 is 0 Å². The maximum atomic E-state index is 12.1. The third-order valence-corrected chi connectivity index (χ3v) is 3.81. The molecule has 0 aliphatic heterocycles. The lowest BCUT2D eigenvalue weighted by atomic mass is 9.96. The molecule has 1 saturated carbocycles. The number of ketones is 1. The van der Waals surface area contributed by atoms with E-state index in [1.54, 1.807) is 24.3 Å². The van der Waals surface area contributed by atoms with Crippen LogP contribution in [0, 0.1) is 5.92 Å². The molecule has 0 saturated heterocycles. The predicted molar refractivity (Wildman–Crippen MR) is 71.2 cm³/mol. The van der Waals surface area contributed by atoms with E-state index in [1.165, 1.54) is 0 Å². The van der Waals surface area contributed by atoms with Gasteiger partial charge in [-0.15, -0.1) is 0 Å². The summed E-state index contributed by atoms with van der Waals surface area (Å²) in [6.45, 7) is 0. The lowest BCUT2D eigenvalue weighted by molar-refractivity contribution is 0.0923. The number of rotatable bonds is 4. The number of carbonyl (C=O) groups is 1. The van der Waals surface area contributed by atoms with E-state index < -0.39 is 10.0 Å². The van der Waals surface area contributed by atoms with Gasteiger partial charge in [0.1, 0.15) is 0 Å². The van der Waals surface area contributed by atoms with Gasteiger partial charge in [-0.25, -0.2) is 8.42 Å². The normalized spacial score (nSPS) is 16.7. The van der Waals surface area contributed by atoms with Gasteiger partial charge in [0.05, 0.1) is 6.26 Å². The highest BCUT2D eigenvalue weighted by molar-refractivity contribution is 7.92. The SMILES string of the molecule is CS(=O)(=O)Nc1ccc(C(=O)C2CCCC2)cc1. The van der Waals surface area contributed by atoms with Gasteiger partial charge in [-0.2, -0.15) is 0 Å². The molecule has 1 fully saturated rings. The third-order valence-electron chi connectivity index (χ3n) is 3.20. The Morgan fingerprint density at radius 3 is 2.22 bits per heavy atom. The van der Waals surface area contributed by atoms with E-state index in [0.717, 1.165) is 31.9 Å². The second-order valence-corrected chi connectivity index (χ2v) is 6.55. The van der Waals surface area contributed by atoms with Gasteiger partial charge < -0.3 is 0 Å². The van der Waals surface area contributed by atoms with Gasteiger partial charge in [0.15, 0.2) is 5.78 Å². The Morgan fingerprint density at radius 1 is 1.17 bits per heavy atom. The minimum atomic E-state index is -3.26. The van der Waals surface area contributed by atoms with E-state index in [-0.39, 0.29) is 11.7 Å². The summed E-state index contributed by atoms with van der Waals surface area (Å²) in [5, 5.41) is 0. The van der Waals surface area contributed by atoms with E-state index in [4.69, 9.17) is 0 Å². The number of sulfonamides is 1. The molecule has 98 valence electrons. The second-order valence-electron chi connectivity index (χ2n) is 4.80. The van der Waals surface area contributed by atoms with Gasteiger partial charge in [0.2, 0.25) is 10.0 Å². The van der Waals surface area contributed by atoms with Crippen molar-refractivity contribution in [1.82, 2.24) is 0 Å². The monoisotopic (exact) mass is 267 g/mol. The maximum Gasteiger partial charge on any atom is 0.229 e. The summed E-state index contributed by atoms with van der Waals surface area (Å²) >= 11 is 0. The standard InChI is InChI=1S/C13H17NO3S/c1-18(16,17)14-12-8-6-11(7-9-12)13(15)10-4-2-3-5-10/h6-10,14H,2-5H2,1H3. The van der Waals surface area contributed by atoms with Crippen LogP contribution in [0.3, 0.4) is 0 Å². The first-order valence-corrected chi connectivity index (χ1v) is 7.97. The summed E-state index contributed by atoms with van der Waals surface area (Å²) < 4.78 is 24.5. The van der Waals surface area contributed by atoms with Crippen LogP contribution in [0.4, 0.5) is 5.69 Å². The van der Waals surface area contributed by atoms with Crippen LogP contribution in [0.1, 0.15) is 36.0 Å². The predicted octanol–water partition coefficient (Wildman–Crippen LogP) is 2.43. The fraction of sp³-hybridized carbons (Fsp3) is 0.462. The van der Waals surface area contributed by atoms with Gasteiger partial charge in [-0.3, -0.25) is 9.52 Å². The molecule has 1 aromatic carbocycles. The molecule has 1 N–H and O–H groups in total. The smallest absolute Gasteiger partial charge is 0.229 e. The summed E-state index contributed by atoms with van der Waals surface area (Å²) in [7, 11) is -3.26. The second kappa shape index (κ2) is 5.10. The molecule has 0 radical (unpaired) electrons. The fourth-order valence-electron chi connectivity index (χ4n) is 2.34. The number of hydrogen-bond acceptors (Lipinski definition) is 3. The molecule has 18 heavy (non-hydrogen) atoms. The van der Waals surface area contributed by atoms with E-state index in [1.807, 2.05) is 0 Å². The Labute approximate surface area is 107 Å². The van der Waals surface area contributed by atoms with Gasteiger partial charge in [0, 0.05) is 17.2 Å². The quantitative estimate of drug-likeness (QED) is 0.852. The number of benzene rings is 1. The van der Waals surface area contributed by atoms with Crippen molar-refractivity contribution < 1.29 is 13.2 Å². The molecule has 0 aromatic heterocycles. The average molecular weight is 267 g/mol. The molecule has 4 nitrogen and oxygen atoms in total. The number of nitrogens with one attached hydrogen (secondary N) is 1. The fourth-order valence-corrected chi connectivity index (χ4v) is 2.90. The first-order valence-electron chi connectivity index (χ1n) is 6.08. The highest BCUT2D eigenvalue weighted by Crippen LogP contribution is 2.28. The van der Waals surface area contributed by atoms with Crippen molar-refractivity contribution in [2.75, 3.05) is 11.0 Å². The van der Waals surface area contributed by atoms with Crippen LogP contribution >= 0.6 is 0 Å². The maximum absolute atomic E-state index is 12.1. The Bertz CT molecular complexity index is 528. The van der Waals surface area contributed by atoms with Crippen molar-refractivity contribution in [3.8, 4) is 0 Å². The van der Waals surface area contributed by atoms with Crippen LogP contribution in [-0.4, -0.2) is 20.5 Å². The van der Waals surface area contributed by atoms with Crippen molar-refractivity contribution in [1.29, 1.82) is 0 Å². The minimum absolute atomic E-state index is 0.152. The highest BCUT2D eigenvalue weighted by atomic mass is 32.2. The molecule has 0 spiro atoms. The first kappa shape index (κ1) is 13.1. The summed E-state index contributed by atoms with van der Waals surface area (Å²) in [6.07, 6.45) is 5.31. The summed E-state index contributed by atoms with van der Waals surface area (Å²) in [6, 6.07) is 6.63. The Hall–Kier alpha value is -1.36. The van der Waals surface area contributed by atoms with Crippen molar-refractivity contribution in [3.05, 3.63) is 29.8 Å². The molecule has 5 heteroatoms. The Kier molecular flexibility index (Phi) is 3.71. The summed E-state index contributed by atoms with van der Waals surface area (Å²) in [5.41, 5.74) is 1.15. The van der Waals surface area contributed by atoms with E-state index in [0.29, 0.717) is 11.3 Å². The molecule has 0 heterocycles. The van der Waals surface area contributed by atoms with Crippen molar-refractivity contribution in [3.63, 3.8) is 0 Å². The van der Waals surface area contributed by atoms with Crippen LogP contribution in [0.25, 0.3) is 0 Å². The Balaban J connectivity index is 2.09. The largest absolute Gasteiger partial charge is 0.294 e. The molecular weight excluding hydrogens is 250 g/mol. The number of hydrogen-bond donors (Lipinski definition) is 1. The third kappa shape index (κ3) is 3.32. The number of anilines is 1. The summed E-state index contributed by atoms with van der Waals surface area (Å²) in [5.74, 6) is 0.331. The van der Waals surface area contributed by atoms with Crippen LogP contribution < -0.4 is 4.72 Å². The van der Waals surface area contributed by atoms with Gasteiger partial charge in [-0.1, -0.05) is 12.8 Å². The number of Topliss-reactive ketones (excluding diaryl/α,β-unsaturated/α-hetero) is 1. The van der Waals surface area contributed by atoms with Crippen LogP contribution in [0.15, 0.2) is 24.3 Å². The van der Waals surface area contributed by atoms with Gasteiger partial charge in [0.25, 0.3) is 0 Å². The average Bonchev–Trinajstić information content (AvgIpc) is 2.80. The lowest BCUT2D eigenvalue weighted by Crippen LogP contribution is -2.12. The lowest BCUT2D eigenvalue weighted by Gasteiger charge is -2.09.